The Labute approximate surface area is 202 Å². The average Bonchev–Trinajstić information content (AvgIpc) is 2.77. The van der Waals surface area contributed by atoms with Crippen LogP contribution in [0.25, 0.3) is 0 Å². The molecule has 0 saturated heterocycles. The van der Waals surface area contributed by atoms with Crippen molar-refractivity contribution in [1.82, 2.24) is 4.98 Å². The molecule has 32 heavy (non-hydrogen) atoms. The molecule has 1 aromatic rings. The Balaban J connectivity index is -0.000000163. The molecule has 0 aliphatic carbocycles. The van der Waals surface area contributed by atoms with Gasteiger partial charge in [-0.3, -0.25) is 4.98 Å². The molecule has 1 aromatic heterocycles. The zero-order valence-corrected chi connectivity index (χ0v) is 21.6. The molecule has 10 nitrogen and oxygen atoms in total. The van der Waals surface area contributed by atoms with Crippen LogP contribution in [-0.2, 0) is 16.8 Å². The van der Waals surface area contributed by atoms with E-state index in [-0.39, 0.29) is 39.6 Å². The fourth-order valence-corrected chi connectivity index (χ4v) is 2.68. The van der Waals surface area contributed by atoms with Crippen molar-refractivity contribution >= 4 is 30.9 Å². The van der Waals surface area contributed by atoms with Gasteiger partial charge < -0.3 is 42.8 Å². The zero-order chi connectivity index (χ0) is 24.9. The van der Waals surface area contributed by atoms with E-state index in [2.05, 4.69) is 45.2 Å². The first-order valence-corrected chi connectivity index (χ1v) is 12.9. The predicted octanol–water partition coefficient (Wildman–Crippen LogP) is 4.34. The molecular formula is C20H34CoN5O5Si-3. The summed E-state index contributed by atoms with van der Waals surface area (Å²) in [4.78, 5) is 3.78. The molecule has 0 aliphatic rings. The zero-order valence-electron chi connectivity index (χ0n) is 19.6. The standard InChI is InChI=1S/C7H15OSi.C5H5N.2C4H8N2O2.Co/c1-5-7(8)6-9(2,3)4;1-2-4-6-5-3-1;2*1-3(5-7)4(2)6-8;/h1,5,7-8H,6H2,2-4H3;1-5H;2*7-8H,1-2H3;/q-1;;;;/p-2/b;;2*5-3+,6-4+;/t7-;;;;/m1..../s1. The van der Waals surface area contributed by atoms with Gasteiger partial charge in [0.25, 0.3) is 0 Å². The third-order valence-corrected chi connectivity index (χ3v) is 4.87. The third-order valence-electron chi connectivity index (χ3n) is 3.23. The summed E-state index contributed by atoms with van der Waals surface area (Å²) >= 11 is 0. The van der Waals surface area contributed by atoms with E-state index < -0.39 is 14.2 Å². The van der Waals surface area contributed by atoms with Gasteiger partial charge in [0.15, 0.2) is 0 Å². The van der Waals surface area contributed by atoms with Crippen LogP contribution in [0.5, 0.6) is 0 Å². The first-order valence-electron chi connectivity index (χ1n) is 9.20. The Morgan fingerprint density at radius 2 is 1.28 bits per heavy atom. The Bertz CT molecular complexity index is 617. The van der Waals surface area contributed by atoms with Crippen molar-refractivity contribution in [1.29, 1.82) is 0 Å². The number of rotatable bonds is 5. The van der Waals surface area contributed by atoms with E-state index in [1.807, 2.05) is 18.2 Å². The maximum atomic E-state index is 9.63. The number of hydrogen-bond acceptors (Lipinski definition) is 10. The third kappa shape index (κ3) is 27.5. The van der Waals surface area contributed by atoms with Gasteiger partial charge in [-0.2, -0.15) is 0 Å². The van der Waals surface area contributed by atoms with Gasteiger partial charge in [-0.15, -0.1) is 0 Å². The summed E-state index contributed by atoms with van der Waals surface area (Å²) in [6.07, 6.45) is 4.47. The molecule has 0 aliphatic heterocycles. The van der Waals surface area contributed by atoms with Crippen LogP contribution in [0.4, 0.5) is 0 Å². The minimum absolute atomic E-state index is 0. The Kier molecular flexibility index (Phi) is 26.6. The molecule has 1 heterocycles. The van der Waals surface area contributed by atoms with Crippen LogP contribution in [0.2, 0.25) is 25.7 Å². The first kappa shape index (κ1) is 36.8. The summed E-state index contributed by atoms with van der Waals surface area (Å²) in [5, 5.41) is 54.9. The van der Waals surface area contributed by atoms with Gasteiger partial charge in [0.05, 0.1) is 22.8 Å². The quantitative estimate of drug-likeness (QED) is 0.175. The SMILES string of the molecule is CC(=N\[O-])/C(C)=N/O.CC(=N\[O-])/C(C)=N/O.[CH-]=C[C@@H](O)C[Si](C)(C)C.[Co].c1ccncc1. The number of oxime groups is 2. The molecule has 0 bridgehead atoms. The number of hydrogen-bond donors (Lipinski definition) is 3. The van der Waals surface area contributed by atoms with Crippen LogP contribution < -0.4 is 0 Å². The Morgan fingerprint density at radius 1 is 0.906 bits per heavy atom. The van der Waals surface area contributed by atoms with Gasteiger partial charge in [-0.05, 0) is 45.9 Å². The van der Waals surface area contributed by atoms with E-state index in [0.29, 0.717) is 0 Å². The van der Waals surface area contributed by atoms with Crippen LogP contribution >= 0.6 is 0 Å². The smallest absolute Gasteiger partial charge is 0.0967 e. The van der Waals surface area contributed by atoms with Crippen molar-refractivity contribution < 1.29 is 32.3 Å². The van der Waals surface area contributed by atoms with E-state index in [9.17, 15) is 10.4 Å². The molecule has 185 valence electrons. The summed E-state index contributed by atoms with van der Waals surface area (Å²) in [7, 11) is -1.10. The number of aromatic nitrogens is 1. The molecule has 0 aromatic carbocycles. The Hall–Kier alpha value is -2.55. The summed E-state index contributed by atoms with van der Waals surface area (Å²) in [6, 6.07) is 6.58. The number of nitrogens with zero attached hydrogens (tertiary/aromatic N) is 5. The summed E-state index contributed by atoms with van der Waals surface area (Å²) in [5.41, 5.74) is 0.903. The molecule has 0 spiro atoms. The second-order valence-electron chi connectivity index (χ2n) is 7.27. The van der Waals surface area contributed by atoms with Gasteiger partial charge in [-0.25, -0.2) is 6.08 Å². The molecule has 0 saturated carbocycles. The van der Waals surface area contributed by atoms with Gasteiger partial charge in [0, 0.05) is 43.4 Å². The van der Waals surface area contributed by atoms with Crippen LogP contribution in [0.15, 0.2) is 57.3 Å². The molecular weight excluding hydrogens is 477 g/mol. The van der Waals surface area contributed by atoms with Crippen molar-refractivity contribution in [2.75, 3.05) is 0 Å². The van der Waals surface area contributed by atoms with Crippen LogP contribution in [-0.4, -0.2) is 57.5 Å². The van der Waals surface area contributed by atoms with Crippen LogP contribution in [0, 0.1) is 17.0 Å². The van der Waals surface area contributed by atoms with E-state index in [1.54, 1.807) is 12.4 Å². The first-order chi connectivity index (χ1) is 14.4. The van der Waals surface area contributed by atoms with Crippen molar-refractivity contribution in [3.8, 4) is 0 Å². The number of aliphatic hydroxyl groups excluding tert-OH is 1. The van der Waals surface area contributed by atoms with E-state index >= 15 is 0 Å². The summed E-state index contributed by atoms with van der Waals surface area (Å²) < 4.78 is 0. The fraction of sp³-hybridized carbons (Fsp3) is 0.450. The monoisotopic (exact) mass is 511 g/mol. The van der Waals surface area contributed by atoms with Crippen molar-refractivity contribution in [2.24, 2.45) is 20.6 Å². The molecule has 0 amide bonds. The number of pyridine rings is 1. The second kappa shape index (κ2) is 23.1. The maximum absolute atomic E-state index is 9.63. The maximum Gasteiger partial charge on any atom is 0.0967 e. The van der Waals surface area contributed by atoms with Crippen molar-refractivity contribution in [3.63, 3.8) is 0 Å². The average molecular weight is 512 g/mol. The minimum atomic E-state index is -1.10. The predicted molar refractivity (Wildman–Crippen MR) is 130 cm³/mol. The van der Waals surface area contributed by atoms with Gasteiger partial charge >= 0.3 is 0 Å². The molecule has 12 heteroatoms. The minimum Gasteiger partial charge on any atom is -0.792 e. The van der Waals surface area contributed by atoms with E-state index in [1.165, 1.54) is 33.8 Å². The van der Waals surface area contributed by atoms with Crippen LogP contribution in [0.1, 0.15) is 27.7 Å². The molecule has 3 N–H and O–H groups in total. The fourth-order valence-electron chi connectivity index (χ4n) is 1.28. The van der Waals surface area contributed by atoms with Gasteiger partial charge in [0.1, 0.15) is 0 Å². The largest absolute Gasteiger partial charge is 0.792 e. The molecule has 0 unspecified atom stereocenters. The van der Waals surface area contributed by atoms with Crippen molar-refractivity contribution in [2.45, 2.75) is 59.5 Å². The summed E-state index contributed by atoms with van der Waals surface area (Å²) in [6.45, 7) is 17.7. The van der Waals surface area contributed by atoms with Crippen molar-refractivity contribution in [3.05, 3.63) is 53.7 Å². The molecule has 1 atom stereocenters. The topological polar surface area (TPSA) is 169 Å². The van der Waals surface area contributed by atoms with Gasteiger partial charge in [0.2, 0.25) is 0 Å². The summed E-state index contributed by atoms with van der Waals surface area (Å²) in [5.74, 6) is 0. The molecule has 1 radical (unpaired) electrons. The van der Waals surface area contributed by atoms with Gasteiger partial charge in [-0.1, -0.05) is 36.0 Å². The normalized spacial score (nSPS) is 12.9. The van der Waals surface area contributed by atoms with E-state index in [0.717, 1.165) is 6.04 Å². The van der Waals surface area contributed by atoms with E-state index in [4.69, 9.17) is 22.1 Å². The second-order valence-corrected chi connectivity index (χ2v) is 12.8. The van der Waals surface area contributed by atoms with Crippen LogP contribution in [0.3, 0.4) is 0 Å². The Morgan fingerprint density at radius 3 is 1.38 bits per heavy atom. The molecule has 0 fully saturated rings. The number of aliphatic hydroxyl groups is 1. The molecule has 1 rings (SSSR count).